The third-order valence-electron chi connectivity index (χ3n) is 2.37. The average Bonchev–Trinajstić information content (AvgIpc) is 2.62. The first kappa shape index (κ1) is 16.1. The van der Waals surface area contributed by atoms with Crippen molar-refractivity contribution >= 4 is 20.2 Å². The second-order valence-corrected chi connectivity index (χ2v) is 7.17. The van der Waals surface area contributed by atoms with Gasteiger partial charge in [-0.3, -0.25) is 0 Å². The predicted molar refractivity (Wildman–Crippen MR) is 63.0 cm³/mol. The Morgan fingerprint density at radius 3 is 2.16 bits per heavy atom. The van der Waals surface area contributed by atoms with Gasteiger partial charge >= 0.3 is 0 Å². The van der Waals surface area contributed by atoms with Crippen molar-refractivity contribution in [3.8, 4) is 0 Å². The van der Waals surface area contributed by atoms with Gasteiger partial charge in [0.2, 0.25) is 6.33 Å². The molecule has 0 aromatic carbocycles. The van der Waals surface area contributed by atoms with Crippen molar-refractivity contribution in [1.82, 2.24) is 4.57 Å². The van der Waals surface area contributed by atoms with Crippen LogP contribution in [0.4, 0.5) is 0 Å². The molecule has 0 bridgehead atoms. The highest BCUT2D eigenvalue weighted by atomic mass is 32.2. The number of aryl methyl sites for hydroxylation is 2. The van der Waals surface area contributed by atoms with E-state index in [1.165, 1.54) is 0 Å². The molecule has 0 aliphatic heterocycles. The number of rotatable bonds is 8. The van der Waals surface area contributed by atoms with Gasteiger partial charge in [0.05, 0.1) is 33.3 Å². The smallest absolute Gasteiger partial charge is 0.243 e. The molecule has 0 aliphatic rings. The van der Waals surface area contributed by atoms with Crippen molar-refractivity contribution in [3.05, 3.63) is 18.7 Å². The third-order valence-corrected chi connectivity index (χ3v) is 3.94. The van der Waals surface area contributed by atoms with Gasteiger partial charge in [0.15, 0.2) is 0 Å². The van der Waals surface area contributed by atoms with E-state index in [-0.39, 0.29) is 12.8 Å². The minimum Gasteiger partial charge on any atom is -0.748 e. The van der Waals surface area contributed by atoms with Crippen LogP contribution in [0.25, 0.3) is 0 Å². The van der Waals surface area contributed by atoms with E-state index in [1.807, 2.05) is 0 Å². The molecular formula is C9H15N2O6S2-. The van der Waals surface area contributed by atoms with Crippen LogP contribution in [0.15, 0.2) is 18.7 Å². The molecule has 0 amide bonds. The van der Waals surface area contributed by atoms with E-state index in [9.17, 15) is 25.9 Å². The van der Waals surface area contributed by atoms with Gasteiger partial charge in [0, 0.05) is 11.5 Å². The van der Waals surface area contributed by atoms with Crippen molar-refractivity contribution in [1.29, 1.82) is 0 Å². The first-order chi connectivity index (χ1) is 8.66. The van der Waals surface area contributed by atoms with Gasteiger partial charge in [0.1, 0.15) is 12.4 Å². The molecular weight excluding hydrogens is 296 g/mol. The summed E-state index contributed by atoms with van der Waals surface area (Å²) >= 11 is 0. The summed E-state index contributed by atoms with van der Waals surface area (Å²) in [6, 6.07) is 0. The van der Waals surface area contributed by atoms with Crippen molar-refractivity contribution in [2.75, 3.05) is 11.5 Å². The van der Waals surface area contributed by atoms with E-state index < -0.39 is 31.7 Å². The Hall–Kier alpha value is -0.970. The Bertz CT molecular complexity index is 552. The lowest BCUT2D eigenvalue weighted by atomic mass is 10.5. The summed E-state index contributed by atoms with van der Waals surface area (Å²) in [4.78, 5) is 0. The summed E-state index contributed by atoms with van der Waals surface area (Å²) in [5, 5.41) is 0. The third kappa shape index (κ3) is 7.93. The van der Waals surface area contributed by atoms with Crippen molar-refractivity contribution in [2.24, 2.45) is 0 Å². The molecule has 0 N–H and O–H groups in total. The molecule has 0 saturated carbocycles. The standard InChI is InChI=1S/C9H16N2O6S2/c12-18(13,14)7-1-3-10-5-6-11(9-10)4-2-8-19(15,16)17/h5-6,9H,1-4,7-8H2,(H-,12,13,14,15,16,17)/p-1. The molecule has 0 unspecified atom stereocenters. The van der Waals surface area contributed by atoms with E-state index in [0.29, 0.717) is 13.1 Å². The van der Waals surface area contributed by atoms with Crippen molar-refractivity contribution in [3.63, 3.8) is 0 Å². The monoisotopic (exact) mass is 311 g/mol. The summed E-state index contributed by atoms with van der Waals surface area (Å²) in [6.45, 7) is 0.767. The molecule has 0 fully saturated rings. The van der Waals surface area contributed by atoms with Crippen LogP contribution in [0.2, 0.25) is 0 Å². The largest absolute Gasteiger partial charge is 0.748 e. The number of hydrogen-bond donors (Lipinski definition) is 0. The van der Waals surface area contributed by atoms with Crippen LogP contribution in [0.1, 0.15) is 12.8 Å². The van der Waals surface area contributed by atoms with Gasteiger partial charge in [-0.2, -0.15) is 0 Å². The van der Waals surface area contributed by atoms with E-state index in [2.05, 4.69) is 0 Å². The number of aromatic nitrogens is 2. The minimum atomic E-state index is -4.19. The van der Waals surface area contributed by atoms with Gasteiger partial charge in [-0.05, 0) is 12.8 Å². The maximum absolute atomic E-state index is 10.4. The topological polar surface area (TPSA) is 123 Å². The molecule has 0 radical (unpaired) electrons. The lowest BCUT2D eigenvalue weighted by Crippen LogP contribution is -2.32. The zero-order valence-electron chi connectivity index (χ0n) is 10.1. The van der Waals surface area contributed by atoms with E-state index in [1.54, 1.807) is 27.9 Å². The zero-order valence-corrected chi connectivity index (χ0v) is 11.8. The molecule has 19 heavy (non-hydrogen) atoms. The van der Waals surface area contributed by atoms with Crippen LogP contribution in [0, 0.1) is 0 Å². The molecule has 1 heterocycles. The second-order valence-electron chi connectivity index (χ2n) is 4.12. The first-order valence-electron chi connectivity index (χ1n) is 5.58. The predicted octanol–water partition coefficient (Wildman–Crippen LogP) is -1.35. The highest BCUT2D eigenvalue weighted by Gasteiger charge is 2.05. The summed E-state index contributed by atoms with van der Waals surface area (Å²) in [6.07, 6.45) is 5.46. The summed E-state index contributed by atoms with van der Waals surface area (Å²) in [5.41, 5.74) is 0. The number of imidazole rings is 1. The highest BCUT2D eigenvalue weighted by Crippen LogP contribution is 1.94. The highest BCUT2D eigenvalue weighted by molar-refractivity contribution is 7.85. The van der Waals surface area contributed by atoms with Crippen LogP contribution < -0.4 is 4.57 Å². The summed E-state index contributed by atoms with van der Waals surface area (Å²) in [7, 11) is -8.38. The van der Waals surface area contributed by atoms with Crippen LogP contribution in [-0.2, 0) is 33.3 Å². The Labute approximate surface area is 112 Å². The fourth-order valence-electron chi connectivity index (χ4n) is 1.55. The second kappa shape index (κ2) is 6.46. The maximum atomic E-state index is 10.4. The zero-order chi connectivity index (χ0) is 14.5. The Balaban J connectivity index is 2.36. The molecule has 110 valence electrons. The molecule has 1 aromatic rings. The van der Waals surface area contributed by atoms with Gasteiger partial charge < -0.3 is 9.11 Å². The van der Waals surface area contributed by atoms with E-state index in [0.717, 1.165) is 0 Å². The van der Waals surface area contributed by atoms with E-state index in [4.69, 9.17) is 0 Å². The van der Waals surface area contributed by atoms with E-state index >= 15 is 0 Å². The molecule has 1 aromatic heterocycles. The first-order valence-corrected chi connectivity index (χ1v) is 8.73. The maximum Gasteiger partial charge on any atom is 0.243 e. The SMILES string of the molecule is O=S(=O)([O-])CCCn1cc[n+](CCCS(=O)(=O)[O-])c1. The number of hydrogen-bond acceptors (Lipinski definition) is 6. The van der Waals surface area contributed by atoms with Gasteiger partial charge in [-0.15, -0.1) is 0 Å². The molecule has 0 spiro atoms. The van der Waals surface area contributed by atoms with Crippen molar-refractivity contribution < 1.29 is 30.5 Å². The molecule has 0 atom stereocenters. The summed E-state index contributed by atoms with van der Waals surface area (Å²) in [5.74, 6) is -0.834. The molecule has 10 heteroatoms. The molecule has 0 aliphatic carbocycles. The number of nitrogens with zero attached hydrogens (tertiary/aromatic N) is 2. The summed E-state index contributed by atoms with van der Waals surface area (Å²) < 4.78 is 65.8. The van der Waals surface area contributed by atoms with Crippen LogP contribution in [-0.4, -0.2) is 42.0 Å². The van der Waals surface area contributed by atoms with Gasteiger partial charge in [-0.25, -0.2) is 26.0 Å². The minimum absolute atomic E-state index is 0.218. The lowest BCUT2D eigenvalue weighted by molar-refractivity contribution is -0.696. The van der Waals surface area contributed by atoms with Crippen LogP contribution in [0.3, 0.4) is 0 Å². The molecule has 0 saturated heterocycles. The molecule has 8 nitrogen and oxygen atoms in total. The molecule has 1 rings (SSSR count). The lowest BCUT2D eigenvalue weighted by Gasteiger charge is -2.04. The van der Waals surface area contributed by atoms with Crippen molar-refractivity contribution in [2.45, 2.75) is 25.9 Å². The average molecular weight is 311 g/mol. The fourth-order valence-corrected chi connectivity index (χ4v) is 2.52. The fraction of sp³-hybridized carbons (Fsp3) is 0.667. The Kier molecular flexibility index (Phi) is 5.47. The Morgan fingerprint density at radius 1 is 1.00 bits per heavy atom. The quantitative estimate of drug-likeness (QED) is 0.432. The van der Waals surface area contributed by atoms with Gasteiger partial charge in [0.25, 0.3) is 0 Å². The van der Waals surface area contributed by atoms with Gasteiger partial charge in [-0.1, -0.05) is 0 Å². The van der Waals surface area contributed by atoms with Crippen LogP contribution in [0.5, 0.6) is 0 Å². The van der Waals surface area contributed by atoms with Crippen LogP contribution >= 0.6 is 0 Å². The normalized spacial score (nSPS) is 12.7. The Morgan fingerprint density at radius 2 is 1.58 bits per heavy atom.